The number of hydrogen-bond acceptors (Lipinski definition) is 6. The summed E-state index contributed by atoms with van der Waals surface area (Å²) in [5.74, 6) is -2.25. The number of anilines is 2. The van der Waals surface area contributed by atoms with E-state index in [4.69, 9.17) is 4.74 Å². The van der Waals surface area contributed by atoms with Crippen molar-refractivity contribution in [3.63, 3.8) is 0 Å². The van der Waals surface area contributed by atoms with E-state index in [9.17, 15) is 19.2 Å². The Morgan fingerprint density at radius 3 is 2.08 bits per heavy atom. The van der Waals surface area contributed by atoms with Crippen LogP contribution in [0.1, 0.15) is 36.7 Å². The van der Waals surface area contributed by atoms with Gasteiger partial charge in [-0.15, -0.1) is 0 Å². The van der Waals surface area contributed by atoms with E-state index >= 15 is 0 Å². The van der Waals surface area contributed by atoms with Gasteiger partial charge >= 0.3 is 0 Å². The van der Waals surface area contributed by atoms with Crippen LogP contribution in [0, 0.1) is 5.92 Å². The minimum atomic E-state index is -1.10. The van der Waals surface area contributed by atoms with Crippen molar-refractivity contribution in [2.45, 2.75) is 39.3 Å². The Morgan fingerprint density at radius 2 is 1.43 bits per heavy atom. The van der Waals surface area contributed by atoms with E-state index in [2.05, 4.69) is 21.3 Å². The zero-order chi connectivity index (χ0) is 29.1. The molecule has 40 heavy (non-hydrogen) atoms. The zero-order valence-corrected chi connectivity index (χ0v) is 23.2. The van der Waals surface area contributed by atoms with Gasteiger partial charge in [0.1, 0.15) is 17.8 Å². The molecule has 210 valence electrons. The number of ketones is 1. The number of Topliss-reactive ketones (excluding diaryl/α,β-unsaturated/α-hetero) is 1. The number of amides is 3. The van der Waals surface area contributed by atoms with Crippen molar-refractivity contribution in [2.75, 3.05) is 19.0 Å². The average molecular weight is 545 g/mol. The summed E-state index contributed by atoms with van der Waals surface area (Å²) in [5.41, 5.74) is 2.31. The topological polar surface area (TPSA) is 126 Å². The Balaban J connectivity index is 1.81. The van der Waals surface area contributed by atoms with E-state index in [1.54, 1.807) is 58.2 Å². The largest absolute Gasteiger partial charge is 0.495 e. The minimum Gasteiger partial charge on any atom is -0.495 e. The maximum atomic E-state index is 13.5. The third-order valence-corrected chi connectivity index (χ3v) is 6.26. The molecule has 0 bridgehead atoms. The summed E-state index contributed by atoms with van der Waals surface area (Å²) in [7, 11) is 1.56. The van der Waals surface area contributed by atoms with Gasteiger partial charge in [-0.25, -0.2) is 0 Å². The molecule has 0 aliphatic carbocycles. The summed E-state index contributed by atoms with van der Waals surface area (Å²) in [4.78, 5) is 52.2. The second-order valence-corrected chi connectivity index (χ2v) is 9.54. The molecule has 0 spiro atoms. The van der Waals surface area contributed by atoms with Crippen molar-refractivity contribution >= 4 is 34.9 Å². The molecule has 0 saturated heterocycles. The van der Waals surface area contributed by atoms with Crippen molar-refractivity contribution in [2.24, 2.45) is 5.92 Å². The lowest BCUT2D eigenvalue weighted by Crippen LogP contribution is -2.56. The number of nitrogens with one attached hydrogen (secondary N) is 4. The van der Waals surface area contributed by atoms with Crippen molar-refractivity contribution in [3.8, 4) is 5.75 Å². The van der Waals surface area contributed by atoms with E-state index in [0.717, 1.165) is 5.56 Å². The van der Waals surface area contributed by atoms with E-state index in [1.165, 1.54) is 0 Å². The number of hydrogen-bond donors (Lipinski definition) is 4. The molecular formula is C31H36N4O5. The molecule has 3 amide bonds. The fourth-order valence-corrected chi connectivity index (χ4v) is 4.16. The van der Waals surface area contributed by atoms with Gasteiger partial charge < -0.3 is 26.0 Å². The fraction of sp³-hybridized carbons (Fsp3) is 0.290. The van der Waals surface area contributed by atoms with Gasteiger partial charge in [-0.3, -0.25) is 19.2 Å². The Hall–Kier alpha value is -4.66. The second-order valence-electron chi connectivity index (χ2n) is 9.54. The molecule has 0 aliphatic heterocycles. The van der Waals surface area contributed by atoms with Crippen molar-refractivity contribution < 1.29 is 23.9 Å². The highest BCUT2D eigenvalue weighted by Crippen LogP contribution is 2.28. The third kappa shape index (κ3) is 7.92. The Morgan fingerprint density at radius 1 is 0.800 bits per heavy atom. The normalized spacial score (nSPS) is 12.1. The molecule has 3 aromatic rings. The van der Waals surface area contributed by atoms with Crippen LogP contribution in [0.2, 0.25) is 0 Å². The summed E-state index contributed by atoms with van der Waals surface area (Å²) < 4.78 is 5.40. The molecule has 0 aliphatic rings. The quantitative estimate of drug-likeness (QED) is 0.244. The van der Waals surface area contributed by atoms with Gasteiger partial charge in [0, 0.05) is 13.0 Å². The number of carbonyl (C=O) groups is 4. The van der Waals surface area contributed by atoms with Gasteiger partial charge in [-0.2, -0.15) is 0 Å². The lowest BCUT2D eigenvalue weighted by molar-refractivity contribution is -0.140. The third-order valence-electron chi connectivity index (χ3n) is 6.26. The molecule has 3 aromatic carbocycles. The maximum absolute atomic E-state index is 13.5. The predicted octanol–water partition coefficient (Wildman–Crippen LogP) is 3.63. The van der Waals surface area contributed by atoms with Gasteiger partial charge in [-0.1, -0.05) is 68.4 Å². The van der Waals surface area contributed by atoms with Crippen LogP contribution in [0.3, 0.4) is 0 Å². The number of carbonyl (C=O) groups excluding carboxylic acids is 4. The van der Waals surface area contributed by atoms with Gasteiger partial charge in [0.15, 0.2) is 0 Å². The van der Waals surface area contributed by atoms with Gasteiger partial charge in [0.05, 0.1) is 24.0 Å². The highest BCUT2D eigenvalue weighted by Gasteiger charge is 2.32. The number of rotatable bonds is 13. The molecule has 0 fully saturated rings. The van der Waals surface area contributed by atoms with E-state index in [-0.39, 0.29) is 18.9 Å². The molecule has 0 aromatic heterocycles. The number of benzene rings is 3. The molecule has 4 N–H and O–H groups in total. The van der Waals surface area contributed by atoms with Crippen molar-refractivity contribution in [1.82, 2.24) is 16.0 Å². The van der Waals surface area contributed by atoms with Crippen LogP contribution < -0.4 is 26.0 Å². The van der Waals surface area contributed by atoms with Gasteiger partial charge in [0.25, 0.3) is 11.8 Å². The molecule has 0 saturated carbocycles. The van der Waals surface area contributed by atoms with Gasteiger partial charge in [-0.05, 0) is 42.7 Å². The molecule has 2 atom stereocenters. The lowest BCUT2D eigenvalue weighted by Gasteiger charge is -2.25. The molecule has 0 unspecified atom stereocenters. The molecule has 0 radical (unpaired) electrons. The number of para-hydroxylation sites is 3. The minimum absolute atomic E-state index is 0.132. The highest BCUT2D eigenvalue weighted by molar-refractivity contribution is 6.38. The highest BCUT2D eigenvalue weighted by atomic mass is 16.5. The first-order valence-corrected chi connectivity index (χ1v) is 13.2. The van der Waals surface area contributed by atoms with E-state index in [0.29, 0.717) is 22.7 Å². The first-order chi connectivity index (χ1) is 19.2. The second kappa shape index (κ2) is 14.5. The lowest BCUT2D eigenvalue weighted by atomic mass is 9.98. The smallest absolute Gasteiger partial charge is 0.289 e. The zero-order valence-electron chi connectivity index (χ0n) is 23.2. The maximum Gasteiger partial charge on any atom is 0.289 e. The van der Waals surface area contributed by atoms with Gasteiger partial charge in [0.2, 0.25) is 11.7 Å². The van der Waals surface area contributed by atoms with Crippen LogP contribution in [0.25, 0.3) is 0 Å². The van der Waals surface area contributed by atoms with Crippen LogP contribution in [0.15, 0.2) is 78.9 Å². The summed E-state index contributed by atoms with van der Waals surface area (Å²) in [6.07, 6.45) is 0.132. The average Bonchev–Trinajstić information content (AvgIpc) is 2.96. The number of methoxy groups -OCH3 is 1. The Labute approximate surface area is 234 Å². The summed E-state index contributed by atoms with van der Waals surface area (Å²) in [6, 6.07) is 21.3. The molecule has 0 heterocycles. The van der Waals surface area contributed by atoms with Crippen LogP contribution in [-0.2, 0) is 20.8 Å². The fourth-order valence-electron chi connectivity index (χ4n) is 4.16. The molecule has 9 heteroatoms. The van der Waals surface area contributed by atoms with Crippen LogP contribution in [0.5, 0.6) is 5.75 Å². The monoisotopic (exact) mass is 544 g/mol. The summed E-state index contributed by atoms with van der Waals surface area (Å²) >= 11 is 0. The first-order valence-electron chi connectivity index (χ1n) is 13.2. The van der Waals surface area contributed by atoms with Crippen molar-refractivity contribution in [3.05, 3.63) is 90.0 Å². The van der Waals surface area contributed by atoms with Crippen LogP contribution in [0.4, 0.5) is 11.4 Å². The summed E-state index contributed by atoms with van der Waals surface area (Å²) in [5, 5.41) is 11.3. The SMILES string of the molecule is CCNC(=O)C(=O)[C@H](Cc1ccccc1)NC(=O)[C@@H](NC(=O)c1ccccc1Nc1ccccc1OC)C(C)C. The van der Waals surface area contributed by atoms with Crippen LogP contribution in [-0.4, -0.2) is 49.2 Å². The van der Waals surface area contributed by atoms with Crippen molar-refractivity contribution in [1.29, 1.82) is 0 Å². The van der Waals surface area contributed by atoms with Crippen LogP contribution >= 0.6 is 0 Å². The number of likely N-dealkylation sites (N-methyl/N-ethyl adjacent to an activating group) is 1. The number of ether oxygens (including phenoxy) is 1. The molecule has 3 rings (SSSR count). The Kier molecular flexibility index (Phi) is 10.8. The molecule has 9 nitrogen and oxygen atoms in total. The van der Waals surface area contributed by atoms with E-state index in [1.807, 2.05) is 48.5 Å². The first kappa shape index (κ1) is 29.9. The van der Waals surface area contributed by atoms with E-state index < -0.39 is 35.6 Å². The standard InChI is InChI=1S/C31H36N4O5/c1-5-32-31(39)28(36)25(19-21-13-7-6-8-14-21)34-30(38)27(20(2)3)35-29(37)22-15-9-10-16-23(22)33-24-17-11-12-18-26(24)40-4/h6-18,20,25,27,33H,5,19H2,1-4H3,(H,32,39)(H,34,38)(H,35,37)/t25-,27-/m0/s1. The summed E-state index contributed by atoms with van der Waals surface area (Å²) in [6.45, 7) is 5.58. The predicted molar refractivity (Wildman–Crippen MR) is 155 cm³/mol. The molecular weight excluding hydrogens is 508 g/mol. The Bertz CT molecular complexity index is 1330.